The third-order valence-corrected chi connectivity index (χ3v) is 3.99. The van der Waals surface area contributed by atoms with E-state index >= 15 is 0 Å². The molecule has 0 aliphatic carbocycles. The molecule has 1 aromatic heterocycles. The highest BCUT2D eigenvalue weighted by Gasteiger charge is 2.22. The van der Waals surface area contributed by atoms with Crippen molar-refractivity contribution in [3.63, 3.8) is 0 Å². The summed E-state index contributed by atoms with van der Waals surface area (Å²) in [6, 6.07) is 8.54. The monoisotopic (exact) mass is 283 g/mol. The van der Waals surface area contributed by atoms with Crippen LogP contribution in [0.3, 0.4) is 0 Å². The minimum absolute atomic E-state index is 0.708. The Labute approximate surface area is 125 Å². The molecule has 0 spiro atoms. The second-order valence-corrected chi connectivity index (χ2v) is 5.32. The highest BCUT2D eigenvalue weighted by molar-refractivity contribution is 5.70. The molecule has 2 aromatic rings. The van der Waals surface area contributed by atoms with Crippen molar-refractivity contribution >= 4 is 17.3 Å². The third-order valence-electron chi connectivity index (χ3n) is 3.99. The van der Waals surface area contributed by atoms with E-state index < -0.39 is 0 Å². The second-order valence-electron chi connectivity index (χ2n) is 5.32. The van der Waals surface area contributed by atoms with Crippen molar-refractivity contribution in [1.82, 2.24) is 9.97 Å². The molecule has 5 heteroatoms. The van der Waals surface area contributed by atoms with E-state index in [1.165, 1.54) is 11.3 Å². The van der Waals surface area contributed by atoms with Gasteiger partial charge in [-0.1, -0.05) is 25.1 Å². The van der Waals surface area contributed by atoms with Crippen molar-refractivity contribution in [1.29, 1.82) is 0 Å². The van der Waals surface area contributed by atoms with Crippen LogP contribution >= 0.6 is 0 Å². The number of hydrogen-bond donors (Lipinski definition) is 2. The van der Waals surface area contributed by atoms with Crippen molar-refractivity contribution < 1.29 is 0 Å². The lowest BCUT2D eigenvalue weighted by molar-refractivity contribution is 0.751. The van der Waals surface area contributed by atoms with Crippen LogP contribution in [0.4, 0.5) is 17.3 Å². The van der Waals surface area contributed by atoms with Gasteiger partial charge >= 0.3 is 0 Å². The van der Waals surface area contributed by atoms with Crippen molar-refractivity contribution in [2.45, 2.75) is 33.1 Å². The Morgan fingerprint density at radius 1 is 1.29 bits per heavy atom. The number of rotatable bonds is 3. The molecule has 21 heavy (non-hydrogen) atoms. The van der Waals surface area contributed by atoms with Gasteiger partial charge in [0.05, 0.1) is 0 Å². The zero-order valence-corrected chi connectivity index (χ0v) is 12.6. The zero-order chi connectivity index (χ0) is 14.8. The zero-order valence-electron chi connectivity index (χ0n) is 12.6. The summed E-state index contributed by atoms with van der Waals surface area (Å²) >= 11 is 0. The summed E-state index contributed by atoms with van der Waals surface area (Å²) in [6.45, 7) is 5.04. The second kappa shape index (κ2) is 5.69. The fraction of sp³-hybridized carbons (Fsp3) is 0.375. The predicted molar refractivity (Wildman–Crippen MR) is 85.7 cm³/mol. The van der Waals surface area contributed by atoms with Crippen LogP contribution in [0.5, 0.6) is 0 Å². The van der Waals surface area contributed by atoms with Gasteiger partial charge in [0, 0.05) is 24.2 Å². The summed E-state index contributed by atoms with van der Waals surface area (Å²) in [5.74, 6) is 8.09. The average Bonchev–Trinajstić information content (AvgIpc) is 2.54. The highest BCUT2D eigenvalue weighted by atomic mass is 15.3. The minimum Gasteiger partial charge on any atom is -0.326 e. The molecule has 0 radical (unpaired) electrons. The van der Waals surface area contributed by atoms with Gasteiger partial charge in [-0.3, -0.25) is 0 Å². The Bertz CT molecular complexity index is 653. The lowest BCUT2D eigenvalue weighted by Gasteiger charge is -2.32. The topological polar surface area (TPSA) is 67.1 Å². The SMILES string of the molecule is CCc1nc(NN)c(C)c(N2CCCc3ccccc32)n1. The maximum absolute atomic E-state index is 5.61. The molecule has 5 nitrogen and oxygen atoms in total. The van der Waals surface area contributed by atoms with Crippen LogP contribution in [0.15, 0.2) is 24.3 Å². The molecule has 0 saturated heterocycles. The molecule has 3 rings (SSSR count). The van der Waals surface area contributed by atoms with E-state index in [2.05, 4.69) is 46.5 Å². The van der Waals surface area contributed by atoms with E-state index in [1.54, 1.807) is 0 Å². The molecule has 0 amide bonds. The number of para-hydroxylation sites is 1. The number of nitrogens with two attached hydrogens (primary N) is 1. The van der Waals surface area contributed by atoms with E-state index in [9.17, 15) is 0 Å². The maximum Gasteiger partial charge on any atom is 0.148 e. The third kappa shape index (κ3) is 2.45. The predicted octanol–water partition coefficient (Wildman–Crippen LogP) is 2.72. The first-order valence-electron chi connectivity index (χ1n) is 7.44. The molecule has 0 saturated carbocycles. The lowest BCUT2D eigenvalue weighted by atomic mass is 10.0. The largest absolute Gasteiger partial charge is 0.326 e. The molecule has 0 bridgehead atoms. The molecule has 1 aromatic carbocycles. The number of nitrogen functional groups attached to an aromatic ring is 1. The smallest absolute Gasteiger partial charge is 0.148 e. The first kappa shape index (κ1) is 13.8. The van der Waals surface area contributed by atoms with Crippen LogP contribution in [0.25, 0.3) is 0 Å². The van der Waals surface area contributed by atoms with Crippen LogP contribution in [-0.2, 0) is 12.8 Å². The quantitative estimate of drug-likeness (QED) is 0.669. The van der Waals surface area contributed by atoms with Gasteiger partial charge in [-0.05, 0) is 31.4 Å². The molecule has 1 aliphatic heterocycles. The number of benzene rings is 1. The summed E-state index contributed by atoms with van der Waals surface area (Å²) in [7, 11) is 0. The van der Waals surface area contributed by atoms with E-state index in [1.807, 2.05) is 6.92 Å². The van der Waals surface area contributed by atoms with E-state index in [-0.39, 0.29) is 0 Å². The van der Waals surface area contributed by atoms with Crippen LogP contribution in [0, 0.1) is 6.92 Å². The Morgan fingerprint density at radius 3 is 2.86 bits per heavy atom. The number of nitrogens with one attached hydrogen (secondary N) is 1. The number of anilines is 3. The molecule has 1 aliphatic rings. The van der Waals surface area contributed by atoms with Crippen molar-refractivity contribution in [2.24, 2.45) is 5.84 Å². The van der Waals surface area contributed by atoms with Crippen molar-refractivity contribution in [3.8, 4) is 0 Å². The van der Waals surface area contributed by atoms with Gasteiger partial charge in [0.1, 0.15) is 17.5 Å². The number of fused-ring (bicyclic) bond motifs is 1. The Kier molecular flexibility index (Phi) is 3.75. The van der Waals surface area contributed by atoms with Gasteiger partial charge in [-0.15, -0.1) is 0 Å². The van der Waals surface area contributed by atoms with Gasteiger partial charge in [0.2, 0.25) is 0 Å². The Balaban J connectivity index is 2.13. The van der Waals surface area contributed by atoms with Gasteiger partial charge in [0.25, 0.3) is 0 Å². The van der Waals surface area contributed by atoms with Crippen molar-refractivity contribution in [3.05, 3.63) is 41.2 Å². The van der Waals surface area contributed by atoms with Gasteiger partial charge < -0.3 is 10.3 Å². The molecule has 3 N–H and O–H groups in total. The minimum atomic E-state index is 0.708. The van der Waals surface area contributed by atoms with Crippen molar-refractivity contribution in [2.75, 3.05) is 16.9 Å². The first-order valence-corrected chi connectivity index (χ1v) is 7.44. The summed E-state index contributed by atoms with van der Waals surface area (Å²) in [5, 5.41) is 0. The number of hydrogen-bond acceptors (Lipinski definition) is 5. The van der Waals surface area contributed by atoms with Crippen LogP contribution < -0.4 is 16.2 Å². The molecular formula is C16H21N5. The van der Waals surface area contributed by atoms with E-state index in [0.29, 0.717) is 5.82 Å². The highest BCUT2D eigenvalue weighted by Crippen LogP contribution is 2.35. The molecule has 0 fully saturated rings. The fourth-order valence-electron chi connectivity index (χ4n) is 2.86. The first-order chi connectivity index (χ1) is 10.2. The van der Waals surface area contributed by atoms with Crippen LogP contribution in [0.1, 0.15) is 30.3 Å². The molecular weight excluding hydrogens is 262 g/mol. The van der Waals surface area contributed by atoms with Gasteiger partial charge in [-0.25, -0.2) is 15.8 Å². The Hall–Kier alpha value is -2.14. The van der Waals surface area contributed by atoms with Gasteiger partial charge in [0.15, 0.2) is 0 Å². The lowest BCUT2D eigenvalue weighted by Crippen LogP contribution is -2.27. The maximum atomic E-state index is 5.61. The summed E-state index contributed by atoms with van der Waals surface area (Å²) < 4.78 is 0. The molecule has 0 unspecified atom stereocenters. The number of nitrogens with zero attached hydrogens (tertiary/aromatic N) is 3. The number of aryl methyl sites for hydroxylation is 2. The standard InChI is InChI=1S/C16H21N5/c1-3-14-18-15(20-17)11(2)16(19-14)21-10-6-8-12-7-4-5-9-13(12)21/h4-5,7,9H,3,6,8,10,17H2,1-2H3,(H,18,19,20). The van der Waals surface area contributed by atoms with Gasteiger partial charge in [-0.2, -0.15) is 0 Å². The number of hydrazine groups is 1. The molecule has 0 atom stereocenters. The van der Waals surface area contributed by atoms with E-state index in [0.717, 1.165) is 43.0 Å². The summed E-state index contributed by atoms with van der Waals surface area (Å²) in [4.78, 5) is 11.5. The number of aromatic nitrogens is 2. The van der Waals surface area contributed by atoms with Crippen LogP contribution in [0.2, 0.25) is 0 Å². The normalized spacial score (nSPS) is 14.0. The van der Waals surface area contributed by atoms with Crippen LogP contribution in [-0.4, -0.2) is 16.5 Å². The van der Waals surface area contributed by atoms with E-state index in [4.69, 9.17) is 10.8 Å². The summed E-state index contributed by atoms with van der Waals surface area (Å²) in [5.41, 5.74) is 6.31. The summed E-state index contributed by atoms with van der Waals surface area (Å²) in [6.07, 6.45) is 3.05. The molecule has 2 heterocycles. The fourth-order valence-corrected chi connectivity index (χ4v) is 2.86. The molecule has 110 valence electrons. The average molecular weight is 283 g/mol. The Morgan fingerprint density at radius 2 is 2.10 bits per heavy atom.